The minimum absolute atomic E-state index is 0.247. The molecule has 1 aromatic carbocycles. The number of nitrogens with zero attached hydrogens (tertiary/aromatic N) is 5. The first-order valence-electron chi connectivity index (χ1n) is 9.10. The molecule has 0 saturated heterocycles. The van der Waals surface area contributed by atoms with Crippen LogP contribution in [0.2, 0.25) is 0 Å². The molecular weight excluding hydrogens is 356 g/mol. The molecule has 142 valence electrons. The zero-order chi connectivity index (χ0) is 19.7. The van der Waals surface area contributed by atoms with E-state index in [1.807, 2.05) is 37.3 Å². The molecule has 1 unspecified atom stereocenters. The van der Waals surface area contributed by atoms with Crippen molar-refractivity contribution in [2.75, 3.05) is 0 Å². The third-order valence-electron chi connectivity index (χ3n) is 4.48. The fraction of sp³-hybridized carbons (Fsp3) is 0.250. The zero-order valence-electron chi connectivity index (χ0n) is 15.9. The van der Waals surface area contributed by atoms with E-state index in [2.05, 4.69) is 20.6 Å². The number of benzene rings is 1. The monoisotopic (exact) mass is 376 g/mol. The number of aryl methyl sites for hydroxylation is 2. The first kappa shape index (κ1) is 17.8. The number of pyridine rings is 1. The standard InChI is InChI=1S/C20H20N6O2/c1-4-26-18-16(11-21-26)15(10-17(24-18)14-8-6-5-7-9-14)19(27)22-12(2)20-23-13(3)25-28-20/h5-12H,4H2,1-3H3,(H,22,27). The second-order valence-corrected chi connectivity index (χ2v) is 6.49. The molecule has 0 fully saturated rings. The molecule has 1 atom stereocenters. The van der Waals surface area contributed by atoms with Gasteiger partial charge < -0.3 is 9.84 Å². The summed E-state index contributed by atoms with van der Waals surface area (Å²) >= 11 is 0. The second-order valence-electron chi connectivity index (χ2n) is 6.49. The van der Waals surface area contributed by atoms with Gasteiger partial charge in [-0.15, -0.1) is 0 Å². The van der Waals surface area contributed by atoms with E-state index in [1.165, 1.54) is 0 Å². The molecule has 8 nitrogen and oxygen atoms in total. The van der Waals surface area contributed by atoms with Crippen molar-refractivity contribution < 1.29 is 9.32 Å². The Morgan fingerprint density at radius 3 is 2.71 bits per heavy atom. The van der Waals surface area contributed by atoms with Crippen LogP contribution in [0.5, 0.6) is 0 Å². The van der Waals surface area contributed by atoms with E-state index in [0.29, 0.717) is 34.9 Å². The van der Waals surface area contributed by atoms with E-state index in [4.69, 9.17) is 9.51 Å². The van der Waals surface area contributed by atoms with Crippen molar-refractivity contribution in [3.05, 3.63) is 59.9 Å². The molecule has 0 radical (unpaired) electrons. The van der Waals surface area contributed by atoms with Crippen LogP contribution in [0.25, 0.3) is 22.3 Å². The summed E-state index contributed by atoms with van der Waals surface area (Å²) in [6.07, 6.45) is 1.68. The van der Waals surface area contributed by atoms with Crippen LogP contribution in [-0.4, -0.2) is 30.8 Å². The molecule has 0 spiro atoms. The van der Waals surface area contributed by atoms with Gasteiger partial charge in [-0.1, -0.05) is 35.5 Å². The summed E-state index contributed by atoms with van der Waals surface area (Å²) < 4.78 is 6.94. The minimum Gasteiger partial charge on any atom is -0.340 e. The van der Waals surface area contributed by atoms with Gasteiger partial charge in [-0.25, -0.2) is 9.67 Å². The Morgan fingerprint density at radius 1 is 1.25 bits per heavy atom. The van der Waals surface area contributed by atoms with Gasteiger partial charge in [0, 0.05) is 12.1 Å². The molecule has 4 aromatic rings. The summed E-state index contributed by atoms with van der Waals surface area (Å²) in [5, 5.41) is 11.8. The molecule has 0 bridgehead atoms. The Morgan fingerprint density at radius 2 is 2.04 bits per heavy atom. The summed E-state index contributed by atoms with van der Waals surface area (Å²) in [6.45, 7) is 6.19. The van der Waals surface area contributed by atoms with Gasteiger partial charge >= 0.3 is 0 Å². The maximum atomic E-state index is 13.1. The first-order chi connectivity index (χ1) is 13.6. The molecular formula is C20H20N6O2. The van der Waals surface area contributed by atoms with E-state index in [-0.39, 0.29) is 5.91 Å². The number of fused-ring (bicyclic) bond motifs is 1. The Kier molecular flexibility index (Phi) is 4.60. The molecule has 4 rings (SSSR count). The number of nitrogens with one attached hydrogen (secondary N) is 1. The average Bonchev–Trinajstić information content (AvgIpc) is 3.33. The van der Waals surface area contributed by atoms with E-state index in [9.17, 15) is 4.79 Å². The van der Waals surface area contributed by atoms with Gasteiger partial charge in [-0.05, 0) is 26.8 Å². The van der Waals surface area contributed by atoms with Gasteiger partial charge in [0.2, 0.25) is 5.89 Å². The molecule has 3 heterocycles. The molecule has 0 aliphatic heterocycles. The largest absolute Gasteiger partial charge is 0.340 e. The number of carbonyl (C=O) groups is 1. The smallest absolute Gasteiger partial charge is 0.252 e. The van der Waals surface area contributed by atoms with Gasteiger partial charge in [0.1, 0.15) is 6.04 Å². The van der Waals surface area contributed by atoms with Crippen molar-refractivity contribution in [3.8, 4) is 11.3 Å². The van der Waals surface area contributed by atoms with E-state index in [0.717, 1.165) is 11.3 Å². The fourth-order valence-electron chi connectivity index (χ4n) is 3.05. The summed E-state index contributed by atoms with van der Waals surface area (Å²) in [5.74, 6) is 0.644. The molecule has 1 N–H and O–H groups in total. The summed E-state index contributed by atoms with van der Waals surface area (Å²) in [4.78, 5) is 22.0. The van der Waals surface area contributed by atoms with Crippen LogP contribution in [0, 0.1) is 6.92 Å². The number of hydrogen-bond donors (Lipinski definition) is 1. The lowest BCUT2D eigenvalue weighted by atomic mass is 10.1. The van der Waals surface area contributed by atoms with Crippen molar-refractivity contribution in [1.82, 2.24) is 30.2 Å². The van der Waals surface area contributed by atoms with E-state index in [1.54, 1.807) is 30.8 Å². The Balaban J connectivity index is 1.76. The van der Waals surface area contributed by atoms with Gasteiger partial charge in [0.15, 0.2) is 11.5 Å². The van der Waals surface area contributed by atoms with Crippen LogP contribution in [-0.2, 0) is 6.54 Å². The van der Waals surface area contributed by atoms with Crippen molar-refractivity contribution in [1.29, 1.82) is 0 Å². The highest BCUT2D eigenvalue weighted by atomic mass is 16.5. The predicted octanol–water partition coefficient (Wildman–Crippen LogP) is 3.30. The lowest BCUT2D eigenvalue weighted by Gasteiger charge is -2.12. The third kappa shape index (κ3) is 3.24. The molecule has 8 heteroatoms. The Hall–Kier alpha value is -3.55. The number of rotatable bonds is 5. The van der Waals surface area contributed by atoms with Crippen molar-refractivity contribution >= 4 is 16.9 Å². The van der Waals surface area contributed by atoms with Crippen LogP contribution in [0.3, 0.4) is 0 Å². The van der Waals surface area contributed by atoms with Crippen molar-refractivity contribution in [2.24, 2.45) is 0 Å². The molecule has 28 heavy (non-hydrogen) atoms. The minimum atomic E-state index is -0.418. The van der Waals surface area contributed by atoms with Crippen LogP contribution in [0.15, 0.2) is 47.1 Å². The van der Waals surface area contributed by atoms with E-state index >= 15 is 0 Å². The van der Waals surface area contributed by atoms with Gasteiger partial charge in [-0.3, -0.25) is 4.79 Å². The second kappa shape index (κ2) is 7.22. The highest BCUT2D eigenvalue weighted by Crippen LogP contribution is 2.25. The Labute approximate surface area is 161 Å². The quantitative estimate of drug-likeness (QED) is 0.574. The fourth-order valence-corrected chi connectivity index (χ4v) is 3.05. The predicted molar refractivity (Wildman–Crippen MR) is 104 cm³/mol. The third-order valence-corrected chi connectivity index (χ3v) is 4.48. The normalized spacial score (nSPS) is 12.2. The summed E-state index contributed by atoms with van der Waals surface area (Å²) in [7, 11) is 0. The van der Waals surface area contributed by atoms with Crippen LogP contribution in [0.1, 0.15) is 42.0 Å². The number of carbonyl (C=O) groups excluding carboxylic acids is 1. The van der Waals surface area contributed by atoms with Crippen LogP contribution >= 0.6 is 0 Å². The van der Waals surface area contributed by atoms with E-state index < -0.39 is 6.04 Å². The lowest BCUT2D eigenvalue weighted by Crippen LogP contribution is -2.27. The summed E-state index contributed by atoms with van der Waals surface area (Å²) in [5.41, 5.74) is 2.83. The lowest BCUT2D eigenvalue weighted by molar-refractivity contribution is 0.0934. The number of hydrogen-bond acceptors (Lipinski definition) is 6. The topological polar surface area (TPSA) is 98.7 Å². The zero-order valence-corrected chi connectivity index (χ0v) is 15.9. The SMILES string of the molecule is CCn1ncc2c(C(=O)NC(C)c3nc(C)no3)cc(-c3ccccc3)nc21. The molecule has 0 aliphatic carbocycles. The molecule has 0 saturated carbocycles. The molecule has 3 aromatic heterocycles. The van der Waals surface area contributed by atoms with Crippen LogP contribution in [0.4, 0.5) is 0 Å². The maximum Gasteiger partial charge on any atom is 0.252 e. The summed E-state index contributed by atoms with van der Waals surface area (Å²) in [6, 6.07) is 11.1. The van der Waals surface area contributed by atoms with Gasteiger partial charge in [0.25, 0.3) is 5.91 Å². The van der Waals surface area contributed by atoms with Crippen molar-refractivity contribution in [3.63, 3.8) is 0 Å². The highest BCUT2D eigenvalue weighted by Gasteiger charge is 2.21. The van der Waals surface area contributed by atoms with Crippen LogP contribution < -0.4 is 5.32 Å². The average molecular weight is 376 g/mol. The number of aromatic nitrogens is 5. The Bertz CT molecular complexity index is 1130. The first-order valence-corrected chi connectivity index (χ1v) is 9.10. The number of amides is 1. The van der Waals surface area contributed by atoms with Gasteiger partial charge in [0.05, 0.1) is 22.8 Å². The molecule has 0 aliphatic rings. The van der Waals surface area contributed by atoms with Gasteiger partial charge in [-0.2, -0.15) is 10.1 Å². The van der Waals surface area contributed by atoms with Crippen molar-refractivity contribution in [2.45, 2.75) is 33.4 Å². The highest BCUT2D eigenvalue weighted by molar-refractivity contribution is 6.06. The molecule has 1 amide bonds. The maximum absolute atomic E-state index is 13.1.